The van der Waals surface area contributed by atoms with Crippen LogP contribution in [0.25, 0.3) is 10.9 Å². The molecule has 1 atom stereocenters. The number of halogens is 1. The SMILES string of the molecule is O=C(C1CNCCO1)N(Cc1cn(Cc2ccc(F)cc2)c2ccccc12)C1CC1. The number of carbonyl (C=O) groups is 1. The molecule has 1 saturated heterocycles. The number of aromatic nitrogens is 1. The topological polar surface area (TPSA) is 46.5 Å². The number of morpholine rings is 1. The van der Waals surface area contributed by atoms with E-state index in [4.69, 9.17) is 4.74 Å². The maximum atomic E-state index is 13.3. The van der Waals surface area contributed by atoms with E-state index in [2.05, 4.69) is 28.2 Å². The second-order valence-corrected chi connectivity index (χ2v) is 8.19. The Morgan fingerprint density at radius 1 is 1.17 bits per heavy atom. The van der Waals surface area contributed by atoms with E-state index < -0.39 is 6.10 Å². The van der Waals surface area contributed by atoms with Crippen LogP contribution in [0.4, 0.5) is 4.39 Å². The molecule has 30 heavy (non-hydrogen) atoms. The summed E-state index contributed by atoms with van der Waals surface area (Å²) in [5.74, 6) is -0.144. The monoisotopic (exact) mass is 407 g/mol. The molecule has 0 bridgehead atoms. The molecule has 0 radical (unpaired) electrons. The molecule has 1 saturated carbocycles. The molecular formula is C24H26FN3O2. The average molecular weight is 407 g/mol. The Labute approximate surface area is 175 Å². The number of amides is 1. The van der Waals surface area contributed by atoms with Crippen molar-refractivity contribution in [1.82, 2.24) is 14.8 Å². The zero-order valence-corrected chi connectivity index (χ0v) is 16.9. The number of fused-ring (bicyclic) bond motifs is 1. The molecule has 2 aromatic carbocycles. The average Bonchev–Trinajstić information content (AvgIpc) is 3.57. The van der Waals surface area contributed by atoms with Gasteiger partial charge in [-0.1, -0.05) is 30.3 Å². The lowest BCUT2D eigenvalue weighted by atomic mass is 10.1. The van der Waals surface area contributed by atoms with Crippen LogP contribution in [0.3, 0.4) is 0 Å². The van der Waals surface area contributed by atoms with Gasteiger partial charge in [-0.2, -0.15) is 0 Å². The molecule has 5 nitrogen and oxygen atoms in total. The van der Waals surface area contributed by atoms with Crippen LogP contribution >= 0.6 is 0 Å². The van der Waals surface area contributed by atoms with E-state index in [1.807, 2.05) is 29.2 Å². The summed E-state index contributed by atoms with van der Waals surface area (Å²) in [5.41, 5.74) is 3.30. The molecule has 156 valence electrons. The summed E-state index contributed by atoms with van der Waals surface area (Å²) in [4.78, 5) is 15.2. The molecule has 6 heteroatoms. The summed E-state index contributed by atoms with van der Waals surface area (Å²) in [6, 6.07) is 15.2. The van der Waals surface area contributed by atoms with Crippen molar-refractivity contribution >= 4 is 16.8 Å². The maximum Gasteiger partial charge on any atom is 0.253 e. The third-order valence-electron chi connectivity index (χ3n) is 5.95. The summed E-state index contributed by atoms with van der Waals surface area (Å²) in [6.45, 7) is 3.19. The van der Waals surface area contributed by atoms with Crippen molar-refractivity contribution in [2.24, 2.45) is 0 Å². The Kier molecular flexibility index (Phi) is 5.27. The van der Waals surface area contributed by atoms with E-state index in [9.17, 15) is 9.18 Å². The smallest absolute Gasteiger partial charge is 0.253 e. The highest BCUT2D eigenvalue weighted by atomic mass is 19.1. The van der Waals surface area contributed by atoms with Crippen LogP contribution in [0.2, 0.25) is 0 Å². The first kappa shape index (κ1) is 19.3. The predicted octanol–water partition coefficient (Wildman–Crippen LogP) is 3.31. The molecule has 0 spiro atoms. The molecule has 2 heterocycles. The van der Waals surface area contributed by atoms with Gasteiger partial charge in [0.2, 0.25) is 0 Å². The van der Waals surface area contributed by atoms with Gasteiger partial charge in [0, 0.05) is 49.3 Å². The van der Waals surface area contributed by atoms with Crippen LogP contribution in [0, 0.1) is 5.82 Å². The summed E-state index contributed by atoms with van der Waals surface area (Å²) in [5, 5.41) is 4.41. The molecule has 3 aromatic rings. The number of rotatable bonds is 6. The molecule has 2 fully saturated rings. The van der Waals surface area contributed by atoms with Gasteiger partial charge in [-0.25, -0.2) is 4.39 Å². The highest BCUT2D eigenvalue weighted by Gasteiger charge is 2.37. The number of hydrogen-bond acceptors (Lipinski definition) is 3. The minimum absolute atomic E-state index is 0.0834. The third-order valence-corrected chi connectivity index (χ3v) is 5.95. The van der Waals surface area contributed by atoms with Gasteiger partial charge in [-0.05, 0) is 42.2 Å². The summed E-state index contributed by atoms with van der Waals surface area (Å²) in [7, 11) is 0. The Balaban J connectivity index is 1.43. The maximum absolute atomic E-state index is 13.3. The third kappa shape index (κ3) is 3.98. The Hall–Kier alpha value is -2.70. The van der Waals surface area contributed by atoms with Crippen LogP contribution in [0.5, 0.6) is 0 Å². The van der Waals surface area contributed by atoms with Gasteiger partial charge in [0.15, 0.2) is 0 Å². The zero-order chi connectivity index (χ0) is 20.5. The molecule has 1 unspecified atom stereocenters. The zero-order valence-electron chi connectivity index (χ0n) is 16.9. The van der Waals surface area contributed by atoms with Crippen molar-refractivity contribution in [3.63, 3.8) is 0 Å². The van der Waals surface area contributed by atoms with Crippen LogP contribution in [-0.4, -0.2) is 47.2 Å². The number of benzene rings is 2. The van der Waals surface area contributed by atoms with Crippen LogP contribution < -0.4 is 5.32 Å². The Morgan fingerprint density at radius 2 is 1.97 bits per heavy atom. The van der Waals surface area contributed by atoms with Gasteiger partial charge in [-0.3, -0.25) is 4.79 Å². The quantitative estimate of drug-likeness (QED) is 0.682. The molecule has 1 aliphatic heterocycles. The van der Waals surface area contributed by atoms with Crippen LogP contribution in [0.15, 0.2) is 54.7 Å². The van der Waals surface area contributed by atoms with Crippen LogP contribution in [0.1, 0.15) is 24.0 Å². The molecule has 1 aromatic heterocycles. The lowest BCUT2D eigenvalue weighted by molar-refractivity contribution is -0.146. The molecule has 1 amide bonds. The fraction of sp³-hybridized carbons (Fsp3) is 0.375. The first-order chi connectivity index (χ1) is 14.7. The fourth-order valence-electron chi connectivity index (χ4n) is 4.23. The van der Waals surface area contributed by atoms with E-state index in [-0.39, 0.29) is 11.7 Å². The highest BCUT2D eigenvalue weighted by Crippen LogP contribution is 2.32. The van der Waals surface area contributed by atoms with Crippen molar-refractivity contribution in [3.05, 3.63) is 71.7 Å². The first-order valence-corrected chi connectivity index (χ1v) is 10.6. The standard InChI is InChI=1S/C24H26FN3O2/c25-19-7-5-17(6-8-19)14-27-15-18(21-3-1-2-4-22(21)27)16-28(20-9-10-20)24(29)23-13-26-11-12-30-23/h1-8,15,20,23,26H,9-14,16H2. The van der Waals surface area contributed by atoms with Crippen molar-refractivity contribution in [1.29, 1.82) is 0 Å². The fourth-order valence-corrected chi connectivity index (χ4v) is 4.23. The normalized spacial score (nSPS) is 19.2. The lowest BCUT2D eigenvalue weighted by Gasteiger charge is -2.30. The number of nitrogens with one attached hydrogen (secondary N) is 1. The number of para-hydroxylation sites is 1. The van der Waals surface area contributed by atoms with Crippen molar-refractivity contribution in [3.8, 4) is 0 Å². The molecule has 2 aliphatic rings. The van der Waals surface area contributed by atoms with E-state index in [0.29, 0.717) is 32.3 Å². The van der Waals surface area contributed by atoms with Crippen molar-refractivity contribution in [2.75, 3.05) is 19.7 Å². The van der Waals surface area contributed by atoms with Crippen molar-refractivity contribution in [2.45, 2.75) is 38.1 Å². The number of ether oxygens (including phenoxy) is 1. The van der Waals surface area contributed by atoms with Gasteiger partial charge >= 0.3 is 0 Å². The predicted molar refractivity (Wildman–Crippen MR) is 114 cm³/mol. The molecule has 1 aliphatic carbocycles. The highest BCUT2D eigenvalue weighted by molar-refractivity contribution is 5.86. The van der Waals surface area contributed by atoms with Gasteiger partial charge in [-0.15, -0.1) is 0 Å². The van der Waals surface area contributed by atoms with E-state index in [1.165, 1.54) is 12.1 Å². The minimum atomic E-state index is -0.396. The van der Waals surface area contributed by atoms with Gasteiger partial charge in [0.1, 0.15) is 11.9 Å². The van der Waals surface area contributed by atoms with Crippen LogP contribution in [-0.2, 0) is 22.6 Å². The summed E-state index contributed by atoms with van der Waals surface area (Å²) in [6.07, 6.45) is 3.85. The second-order valence-electron chi connectivity index (χ2n) is 8.19. The first-order valence-electron chi connectivity index (χ1n) is 10.6. The largest absolute Gasteiger partial charge is 0.366 e. The lowest BCUT2D eigenvalue weighted by Crippen LogP contribution is -2.49. The molecule has 1 N–H and O–H groups in total. The van der Waals surface area contributed by atoms with Gasteiger partial charge < -0.3 is 19.5 Å². The second kappa shape index (κ2) is 8.20. The Morgan fingerprint density at radius 3 is 2.70 bits per heavy atom. The van der Waals surface area contributed by atoms with Crippen molar-refractivity contribution < 1.29 is 13.9 Å². The number of carbonyl (C=O) groups excluding carboxylic acids is 1. The van der Waals surface area contributed by atoms with E-state index >= 15 is 0 Å². The summed E-state index contributed by atoms with van der Waals surface area (Å²) < 4.78 is 21.2. The van der Waals surface area contributed by atoms with Gasteiger partial charge in [0.05, 0.1) is 6.61 Å². The minimum Gasteiger partial charge on any atom is -0.366 e. The molecular weight excluding hydrogens is 381 g/mol. The number of nitrogens with zero attached hydrogens (tertiary/aromatic N) is 2. The van der Waals surface area contributed by atoms with E-state index in [1.54, 1.807) is 0 Å². The Bertz CT molecular complexity index is 1040. The summed E-state index contributed by atoms with van der Waals surface area (Å²) >= 11 is 0. The number of hydrogen-bond donors (Lipinski definition) is 1. The van der Waals surface area contributed by atoms with E-state index in [0.717, 1.165) is 41.4 Å². The molecule has 5 rings (SSSR count). The van der Waals surface area contributed by atoms with Gasteiger partial charge in [0.25, 0.3) is 5.91 Å².